The van der Waals surface area contributed by atoms with Crippen LogP contribution in [-0.4, -0.2) is 50.0 Å². The molecule has 1 atom stereocenters. The first-order valence-electron chi connectivity index (χ1n) is 8.86. The molecule has 0 radical (unpaired) electrons. The number of aliphatic imine (C=N–C) groups is 1. The second-order valence-corrected chi connectivity index (χ2v) is 8.10. The predicted molar refractivity (Wildman–Crippen MR) is 101 cm³/mol. The fourth-order valence-corrected chi connectivity index (χ4v) is 3.94. The van der Waals surface area contributed by atoms with Crippen molar-refractivity contribution in [1.29, 1.82) is 0 Å². The lowest BCUT2D eigenvalue weighted by molar-refractivity contribution is -0.0106. The third-order valence-electron chi connectivity index (χ3n) is 4.49. The fourth-order valence-electron chi connectivity index (χ4n) is 2.92. The number of aliphatic hydroxyl groups excluding tert-OH is 1. The van der Waals surface area contributed by atoms with Gasteiger partial charge in [-0.2, -0.15) is 0 Å². The van der Waals surface area contributed by atoms with Crippen LogP contribution in [-0.2, 0) is 11.2 Å². The van der Waals surface area contributed by atoms with Gasteiger partial charge in [0, 0.05) is 47.4 Å². The zero-order chi connectivity index (χ0) is 17.4. The van der Waals surface area contributed by atoms with Crippen molar-refractivity contribution in [2.45, 2.75) is 46.1 Å². The van der Waals surface area contributed by atoms with Gasteiger partial charge in [-0.05, 0) is 45.7 Å². The van der Waals surface area contributed by atoms with E-state index < -0.39 is 0 Å². The minimum atomic E-state index is -0.130. The van der Waals surface area contributed by atoms with E-state index >= 15 is 0 Å². The van der Waals surface area contributed by atoms with Crippen molar-refractivity contribution < 1.29 is 9.84 Å². The first-order valence-corrected chi connectivity index (χ1v) is 9.67. The van der Waals surface area contributed by atoms with Crippen molar-refractivity contribution in [3.8, 4) is 0 Å². The minimum Gasteiger partial charge on any atom is -0.396 e. The number of rotatable bonds is 7. The maximum Gasteiger partial charge on any atom is 0.191 e. The summed E-state index contributed by atoms with van der Waals surface area (Å²) in [5.74, 6) is 0.831. The fraction of sp³-hybridized carbons (Fsp3) is 0.722. The van der Waals surface area contributed by atoms with Crippen molar-refractivity contribution in [2.75, 3.05) is 32.9 Å². The molecule has 5 nitrogen and oxygen atoms in total. The third kappa shape index (κ3) is 5.76. The summed E-state index contributed by atoms with van der Waals surface area (Å²) in [5, 5.41) is 16.6. The highest BCUT2D eigenvalue weighted by Crippen LogP contribution is 2.30. The molecule has 0 aromatic carbocycles. The number of aryl methyl sites for hydroxylation is 1. The highest BCUT2D eigenvalue weighted by atomic mass is 32.1. The Balaban J connectivity index is 1.94. The molecule has 1 saturated heterocycles. The van der Waals surface area contributed by atoms with E-state index in [2.05, 4.69) is 43.5 Å². The van der Waals surface area contributed by atoms with Crippen LogP contribution in [0.1, 0.15) is 36.4 Å². The zero-order valence-electron chi connectivity index (χ0n) is 15.1. The van der Waals surface area contributed by atoms with Crippen molar-refractivity contribution >= 4 is 17.3 Å². The molecule has 0 spiro atoms. The van der Waals surface area contributed by atoms with Gasteiger partial charge < -0.3 is 20.5 Å². The number of hydrogen-bond acceptors (Lipinski definition) is 4. The van der Waals surface area contributed by atoms with Gasteiger partial charge in [-0.15, -0.1) is 11.3 Å². The zero-order valence-corrected chi connectivity index (χ0v) is 15.9. The quantitative estimate of drug-likeness (QED) is 0.520. The van der Waals surface area contributed by atoms with Crippen LogP contribution in [0.2, 0.25) is 0 Å². The van der Waals surface area contributed by atoms with Crippen LogP contribution in [0, 0.1) is 12.3 Å². The number of thiophene rings is 1. The van der Waals surface area contributed by atoms with E-state index in [-0.39, 0.29) is 12.0 Å². The lowest BCUT2D eigenvalue weighted by atomic mass is 9.81. The van der Waals surface area contributed by atoms with Crippen molar-refractivity contribution in [2.24, 2.45) is 10.4 Å². The summed E-state index contributed by atoms with van der Waals surface area (Å²) in [5.41, 5.74) is -0.130. The van der Waals surface area contributed by atoms with Gasteiger partial charge in [-0.25, -0.2) is 0 Å². The molecular formula is C18H31N3O2S. The van der Waals surface area contributed by atoms with Crippen LogP contribution in [0.25, 0.3) is 0 Å². The van der Waals surface area contributed by atoms with E-state index in [9.17, 15) is 5.11 Å². The average molecular weight is 354 g/mol. The summed E-state index contributed by atoms with van der Waals surface area (Å²) in [6.45, 7) is 9.45. The summed E-state index contributed by atoms with van der Waals surface area (Å²) in [6, 6.07) is 4.67. The van der Waals surface area contributed by atoms with Gasteiger partial charge in [0.25, 0.3) is 0 Å². The van der Waals surface area contributed by atoms with Crippen LogP contribution in [0.3, 0.4) is 0 Å². The van der Waals surface area contributed by atoms with Crippen LogP contribution < -0.4 is 10.6 Å². The standard InChI is InChI=1S/C18H31N3O2S/c1-4-19-17(20-12-18(13-22)7-9-23-10-8-18)21-14(2)11-16-6-5-15(3)24-16/h5-6,14,22H,4,7-13H2,1-3H3,(H2,19,20,21). The molecule has 1 aliphatic rings. The van der Waals surface area contributed by atoms with Gasteiger partial charge in [0.1, 0.15) is 0 Å². The Morgan fingerprint density at radius 3 is 2.75 bits per heavy atom. The minimum absolute atomic E-state index is 0.130. The van der Waals surface area contributed by atoms with Gasteiger partial charge >= 0.3 is 0 Å². The molecule has 24 heavy (non-hydrogen) atoms. The maximum absolute atomic E-state index is 9.80. The highest BCUT2D eigenvalue weighted by Gasteiger charge is 2.31. The molecule has 136 valence electrons. The van der Waals surface area contributed by atoms with Gasteiger partial charge in [0.05, 0.1) is 13.2 Å². The first-order chi connectivity index (χ1) is 11.6. The molecule has 0 amide bonds. The predicted octanol–water partition coefficient (Wildman–Crippen LogP) is 2.33. The monoisotopic (exact) mass is 353 g/mol. The van der Waals surface area contributed by atoms with Crippen LogP contribution in [0.15, 0.2) is 17.1 Å². The van der Waals surface area contributed by atoms with Crippen molar-refractivity contribution in [3.05, 3.63) is 21.9 Å². The maximum atomic E-state index is 9.80. The van der Waals surface area contributed by atoms with Gasteiger partial charge in [0.2, 0.25) is 0 Å². The normalized spacial score (nSPS) is 19.1. The average Bonchev–Trinajstić information content (AvgIpc) is 2.98. The molecule has 1 fully saturated rings. The second-order valence-electron chi connectivity index (χ2n) is 6.73. The number of aliphatic hydroxyl groups is 1. The number of ether oxygens (including phenoxy) is 1. The molecule has 6 heteroatoms. The van der Waals surface area contributed by atoms with E-state index in [1.54, 1.807) is 0 Å². The molecule has 2 heterocycles. The Hall–Kier alpha value is -1.11. The smallest absolute Gasteiger partial charge is 0.191 e. The summed E-state index contributed by atoms with van der Waals surface area (Å²) in [4.78, 5) is 7.49. The molecule has 1 aromatic rings. The van der Waals surface area contributed by atoms with E-state index in [4.69, 9.17) is 9.73 Å². The summed E-state index contributed by atoms with van der Waals surface area (Å²) in [6.07, 6.45) is 2.73. The van der Waals surface area contributed by atoms with Crippen LogP contribution in [0.4, 0.5) is 0 Å². The largest absolute Gasteiger partial charge is 0.396 e. The summed E-state index contributed by atoms with van der Waals surface area (Å²) >= 11 is 1.85. The van der Waals surface area contributed by atoms with Gasteiger partial charge in [-0.3, -0.25) is 4.99 Å². The van der Waals surface area contributed by atoms with Crippen molar-refractivity contribution in [1.82, 2.24) is 10.6 Å². The van der Waals surface area contributed by atoms with Crippen LogP contribution >= 0.6 is 11.3 Å². The molecule has 1 unspecified atom stereocenters. The number of nitrogens with zero attached hydrogens (tertiary/aromatic N) is 1. The second kappa shape index (κ2) is 9.39. The lowest BCUT2D eigenvalue weighted by Crippen LogP contribution is -2.44. The Morgan fingerprint density at radius 2 is 2.17 bits per heavy atom. The molecule has 0 saturated carbocycles. The van der Waals surface area contributed by atoms with E-state index in [1.165, 1.54) is 9.75 Å². The third-order valence-corrected chi connectivity index (χ3v) is 5.52. The first kappa shape index (κ1) is 19.2. The van der Waals surface area contributed by atoms with E-state index in [0.29, 0.717) is 25.8 Å². The topological polar surface area (TPSA) is 65.9 Å². The molecule has 2 rings (SSSR count). The van der Waals surface area contributed by atoms with Crippen LogP contribution in [0.5, 0.6) is 0 Å². The molecule has 0 bridgehead atoms. The number of nitrogens with one attached hydrogen (secondary N) is 2. The molecule has 1 aromatic heterocycles. The number of guanidine groups is 1. The highest BCUT2D eigenvalue weighted by molar-refractivity contribution is 7.11. The Kier molecular flexibility index (Phi) is 7.52. The lowest BCUT2D eigenvalue weighted by Gasteiger charge is -2.34. The Labute approximate surface area is 149 Å². The summed E-state index contributed by atoms with van der Waals surface area (Å²) in [7, 11) is 0. The Morgan fingerprint density at radius 1 is 1.42 bits per heavy atom. The Bertz CT molecular complexity index is 524. The molecule has 1 aliphatic heterocycles. The molecular weight excluding hydrogens is 322 g/mol. The number of hydrogen-bond donors (Lipinski definition) is 3. The summed E-state index contributed by atoms with van der Waals surface area (Å²) < 4.78 is 5.42. The SMILES string of the molecule is CCNC(=NCC1(CO)CCOCC1)NC(C)Cc1ccc(C)s1. The molecule has 3 N–H and O–H groups in total. The van der Waals surface area contributed by atoms with E-state index in [1.807, 2.05) is 11.3 Å². The van der Waals surface area contributed by atoms with Gasteiger partial charge in [0.15, 0.2) is 5.96 Å². The molecule has 0 aliphatic carbocycles. The van der Waals surface area contributed by atoms with E-state index in [0.717, 1.165) is 31.8 Å². The van der Waals surface area contributed by atoms with Gasteiger partial charge in [-0.1, -0.05) is 0 Å². The van der Waals surface area contributed by atoms with Crippen molar-refractivity contribution in [3.63, 3.8) is 0 Å².